The molecule has 2 heteroatoms. The van der Waals surface area contributed by atoms with Crippen molar-refractivity contribution in [2.75, 3.05) is 13.1 Å². The van der Waals surface area contributed by atoms with Gasteiger partial charge in [0.2, 0.25) is 0 Å². The van der Waals surface area contributed by atoms with Crippen molar-refractivity contribution in [1.82, 2.24) is 10.4 Å². The van der Waals surface area contributed by atoms with Crippen molar-refractivity contribution in [3.05, 3.63) is 0 Å². The molecule has 0 aliphatic heterocycles. The molecule has 0 spiro atoms. The molecule has 1 atom stereocenters. The van der Waals surface area contributed by atoms with E-state index in [0.717, 1.165) is 19.5 Å². The molecule has 0 rings (SSSR count). The van der Waals surface area contributed by atoms with E-state index in [1.54, 1.807) is 0 Å². The molecule has 0 saturated heterocycles. The van der Waals surface area contributed by atoms with Crippen LogP contribution in [0.1, 0.15) is 34.1 Å². The van der Waals surface area contributed by atoms with Crippen LogP contribution in [-0.2, 0) is 0 Å². The Labute approximate surface area is 64.6 Å². The highest BCUT2D eigenvalue weighted by Crippen LogP contribution is 1.93. The van der Waals surface area contributed by atoms with E-state index in [1.807, 2.05) is 0 Å². The van der Waals surface area contributed by atoms with Crippen LogP contribution >= 0.6 is 0 Å². The zero-order valence-electron chi connectivity index (χ0n) is 7.59. The van der Waals surface area contributed by atoms with E-state index in [9.17, 15) is 0 Å². The van der Waals surface area contributed by atoms with Gasteiger partial charge >= 0.3 is 0 Å². The number of hydrogen-bond donors (Lipinski definition) is 0. The third-order valence-corrected chi connectivity index (χ3v) is 1.68. The Morgan fingerprint density at radius 2 is 1.70 bits per heavy atom. The van der Waals surface area contributed by atoms with Gasteiger partial charge in [0.1, 0.15) is 0 Å². The van der Waals surface area contributed by atoms with Crippen LogP contribution < -0.4 is 5.43 Å². The van der Waals surface area contributed by atoms with Crippen molar-refractivity contribution in [2.45, 2.75) is 40.2 Å². The maximum atomic E-state index is 4.47. The molecule has 0 bridgehead atoms. The van der Waals surface area contributed by atoms with Gasteiger partial charge in [0, 0.05) is 19.1 Å². The predicted octanol–water partition coefficient (Wildman–Crippen LogP) is 1.65. The summed E-state index contributed by atoms with van der Waals surface area (Å²) in [6, 6.07) is 0.486. The summed E-state index contributed by atoms with van der Waals surface area (Å²) in [6.45, 7) is 10.6. The molecule has 0 saturated carbocycles. The summed E-state index contributed by atoms with van der Waals surface area (Å²) in [5, 5.41) is 2.11. The molecule has 0 aromatic carbocycles. The van der Waals surface area contributed by atoms with Crippen LogP contribution in [0.25, 0.3) is 0 Å². The Balaban J connectivity index is 3.41. The third kappa shape index (κ3) is 3.85. The molecule has 61 valence electrons. The summed E-state index contributed by atoms with van der Waals surface area (Å²) in [5.41, 5.74) is 4.47. The molecule has 0 N–H and O–H groups in total. The van der Waals surface area contributed by atoms with E-state index < -0.39 is 0 Å². The summed E-state index contributed by atoms with van der Waals surface area (Å²) < 4.78 is 0. The molecule has 0 aromatic heterocycles. The van der Waals surface area contributed by atoms with Crippen LogP contribution in [0.2, 0.25) is 0 Å². The monoisotopic (exact) mass is 143 g/mol. The van der Waals surface area contributed by atoms with Crippen molar-refractivity contribution in [3.63, 3.8) is 0 Å². The minimum atomic E-state index is 0.486. The molecular formula is C8H19N2. The first-order valence-electron chi connectivity index (χ1n) is 4.20. The molecule has 0 aliphatic carbocycles. The Morgan fingerprint density at radius 1 is 1.20 bits per heavy atom. The lowest BCUT2D eigenvalue weighted by Crippen LogP contribution is -2.36. The minimum absolute atomic E-state index is 0.486. The summed E-state index contributed by atoms with van der Waals surface area (Å²) >= 11 is 0. The standard InChI is InChI=1S/C8H19N2/c1-5-8(4)9-10(6-2)7-3/h8H,5-7H2,1-4H3. The topological polar surface area (TPSA) is 17.3 Å². The first-order chi connectivity index (χ1) is 4.74. The smallest absolute Gasteiger partial charge is 0.0387 e. The highest BCUT2D eigenvalue weighted by atomic mass is 15.5. The average molecular weight is 143 g/mol. The largest absolute Gasteiger partial charge is 0.227 e. The van der Waals surface area contributed by atoms with Crippen LogP contribution in [0.15, 0.2) is 0 Å². The first kappa shape index (κ1) is 9.92. The quantitative estimate of drug-likeness (QED) is 0.535. The Kier molecular flexibility index (Phi) is 5.64. The summed E-state index contributed by atoms with van der Waals surface area (Å²) in [7, 11) is 0. The fourth-order valence-electron chi connectivity index (χ4n) is 0.747. The maximum absolute atomic E-state index is 4.47. The van der Waals surface area contributed by atoms with E-state index in [1.165, 1.54) is 0 Å². The van der Waals surface area contributed by atoms with Gasteiger partial charge in [-0.15, -0.1) is 0 Å². The van der Waals surface area contributed by atoms with E-state index >= 15 is 0 Å². The number of hydrogen-bond acceptors (Lipinski definition) is 1. The van der Waals surface area contributed by atoms with Crippen LogP contribution in [0.5, 0.6) is 0 Å². The number of rotatable bonds is 5. The Bertz CT molecular complexity index is 69.7. The molecule has 0 fully saturated rings. The van der Waals surface area contributed by atoms with E-state index in [2.05, 4.69) is 38.1 Å². The van der Waals surface area contributed by atoms with Crippen LogP contribution in [0, 0.1) is 0 Å². The summed E-state index contributed by atoms with van der Waals surface area (Å²) in [5.74, 6) is 0. The lowest BCUT2D eigenvalue weighted by molar-refractivity contribution is 0.169. The summed E-state index contributed by atoms with van der Waals surface area (Å²) in [6.07, 6.45) is 1.14. The van der Waals surface area contributed by atoms with Gasteiger partial charge < -0.3 is 0 Å². The normalized spacial score (nSPS) is 14.1. The minimum Gasteiger partial charge on any atom is -0.227 e. The Hall–Kier alpha value is -0.0800. The average Bonchev–Trinajstić information content (AvgIpc) is 1.99. The van der Waals surface area contributed by atoms with Crippen LogP contribution in [0.3, 0.4) is 0 Å². The first-order valence-corrected chi connectivity index (χ1v) is 4.20. The van der Waals surface area contributed by atoms with Gasteiger partial charge in [0.25, 0.3) is 0 Å². The second kappa shape index (κ2) is 5.69. The lowest BCUT2D eigenvalue weighted by Gasteiger charge is -2.20. The van der Waals surface area contributed by atoms with Crippen LogP contribution in [-0.4, -0.2) is 24.1 Å². The highest BCUT2D eigenvalue weighted by Gasteiger charge is 2.03. The molecule has 0 aliphatic rings. The zero-order valence-corrected chi connectivity index (χ0v) is 7.59. The zero-order chi connectivity index (χ0) is 7.98. The molecule has 0 amide bonds. The fraction of sp³-hybridized carbons (Fsp3) is 1.00. The fourth-order valence-corrected chi connectivity index (χ4v) is 0.747. The number of nitrogens with zero attached hydrogens (tertiary/aromatic N) is 2. The highest BCUT2D eigenvalue weighted by molar-refractivity contribution is 4.54. The van der Waals surface area contributed by atoms with Crippen molar-refractivity contribution in [2.24, 2.45) is 0 Å². The molecule has 1 radical (unpaired) electrons. The SMILES string of the molecule is CCC(C)[N]N(CC)CC. The second-order valence-electron chi connectivity index (χ2n) is 2.51. The van der Waals surface area contributed by atoms with Gasteiger partial charge in [-0.25, -0.2) is 5.01 Å². The van der Waals surface area contributed by atoms with Gasteiger partial charge in [-0.2, -0.15) is 5.43 Å². The molecule has 2 nitrogen and oxygen atoms in total. The predicted molar refractivity (Wildman–Crippen MR) is 44.8 cm³/mol. The molecule has 10 heavy (non-hydrogen) atoms. The van der Waals surface area contributed by atoms with Gasteiger partial charge in [0.15, 0.2) is 0 Å². The molecule has 0 heterocycles. The van der Waals surface area contributed by atoms with Gasteiger partial charge in [0.05, 0.1) is 0 Å². The van der Waals surface area contributed by atoms with Crippen molar-refractivity contribution >= 4 is 0 Å². The summed E-state index contributed by atoms with van der Waals surface area (Å²) in [4.78, 5) is 0. The van der Waals surface area contributed by atoms with Crippen molar-refractivity contribution < 1.29 is 0 Å². The van der Waals surface area contributed by atoms with Gasteiger partial charge in [-0.1, -0.05) is 20.8 Å². The van der Waals surface area contributed by atoms with Gasteiger partial charge in [-0.05, 0) is 13.3 Å². The van der Waals surface area contributed by atoms with Crippen molar-refractivity contribution in [3.8, 4) is 0 Å². The van der Waals surface area contributed by atoms with E-state index in [0.29, 0.717) is 6.04 Å². The molecule has 0 aromatic rings. The maximum Gasteiger partial charge on any atom is 0.0387 e. The molecule has 1 unspecified atom stereocenters. The third-order valence-electron chi connectivity index (χ3n) is 1.68. The Morgan fingerprint density at radius 3 is 2.00 bits per heavy atom. The van der Waals surface area contributed by atoms with Gasteiger partial charge in [-0.3, -0.25) is 0 Å². The van der Waals surface area contributed by atoms with Crippen LogP contribution in [0.4, 0.5) is 0 Å². The van der Waals surface area contributed by atoms with E-state index in [4.69, 9.17) is 0 Å². The second-order valence-corrected chi connectivity index (χ2v) is 2.51. The van der Waals surface area contributed by atoms with Crippen molar-refractivity contribution in [1.29, 1.82) is 0 Å². The molecular weight excluding hydrogens is 124 g/mol. The van der Waals surface area contributed by atoms with E-state index in [-0.39, 0.29) is 0 Å². The lowest BCUT2D eigenvalue weighted by atomic mass is 10.3.